The molecule has 0 aromatic heterocycles. The molecule has 0 amide bonds. The van der Waals surface area contributed by atoms with Crippen molar-refractivity contribution >= 4 is 5.97 Å². The van der Waals surface area contributed by atoms with E-state index in [4.69, 9.17) is 15.6 Å². The van der Waals surface area contributed by atoms with Crippen LogP contribution in [0.3, 0.4) is 0 Å². The summed E-state index contributed by atoms with van der Waals surface area (Å²) in [5, 5.41) is 7.42. The van der Waals surface area contributed by atoms with E-state index in [0.717, 1.165) is 13.3 Å². The lowest BCUT2D eigenvalue weighted by Gasteiger charge is -2.17. The van der Waals surface area contributed by atoms with Gasteiger partial charge in [-0.1, -0.05) is 30.3 Å². The van der Waals surface area contributed by atoms with Gasteiger partial charge in [-0.2, -0.15) is 0 Å². The summed E-state index contributed by atoms with van der Waals surface area (Å²) in [4.78, 5) is 9.00. The lowest BCUT2D eigenvalue weighted by atomic mass is 9.96. The summed E-state index contributed by atoms with van der Waals surface area (Å²) in [6, 6.07) is 10.3. The lowest BCUT2D eigenvalue weighted by Crippen LogP contribution is -2.34. The first kappa shape index (κ1) is 17.8. The molecule has 96 valence electrons. The van der Waals surface area contributed by atoms with Crippen molar-refractivity contribution in [2.75, 3.05) is 0 Å². The highest BCUT2D eigenvalue weighted by molar-refractivity contribution is 5.62. The van der Waals surface area contributed by atoms with Crippen molar-refractivity contribution in [2.24, 2.45) is 5.73 Å². The van der Waals surface area contributed by atoms with Gasteiger partial charge < -0.3 is 10.8 Å². The predicted octanol–water partition coefficient (Wildman–Crippen LogP) is 2.86. The summed E-state index contributed by atoms with van der Waals surface area (Å²) in [5.41, 5.74) is 7.08. The van der Waals surface area contributed by atoms with E-state index >= 15 is 0 Å². The van der Waals surface area contributed by atoms with Gasteiger partial charge in [0.2, 0.25) is 0 Å². The monoisotopic (exact) mass is 237 g/mol. The second kappa shape index (κ2) is 9.60. The summed E-state index contributed by atoms with van der Waals surface area (Å²) in [6.45, 7) is 11.2. The molecular weight excluding hydrogens is 214 g/mol. The highest BCUT2D eigenvalue weighted by atomic mass is 16.4. The third-order valence-electron chi connectivity index (χ3n) is 1.50. The van der Waals surface area contributed by atoms with Gasteiger partial charge in [-0.25, -0.2) is 0 Å². The Kier molecular flexibility index (Phi) is 10.0. The Morgan fingerprint density at radius 3 is 1.94 bits per heavy atom. The fourth-order valence-electron chi connectivity index (χ4n) is 1.12. The second-order valence-electron chi connectivity index (χ2n) is 4.17. The summed E-state index contributed by atoms with van der Waals surface area (Å²) < 4.78 is 0. The Morgan fingerprint density at radius 2 is 1.65 bits per heavy atom. The minimum atomic E-state index is -0.833. The average molecular weight is 237 g/mol. The van der Waals surface area contributed by atoms with Gasteiger partial charge in [0.15, 0.2) is 0 Å². The third-order valence-corrected chi connectivity index (χ3v) is 1.50. The molecule has 3 N–H and O–H groups in total. The van der Waals surface area contributed by atoms with Gasteiger partial charge >= 0.3 is 0 Å². The Morgan fingerprint density at radius 1 is 1.29 bits per heavy atom. The first-order valence-electron chi connectivity index (χ1n) is 5.33. The summed E-state index contributed by atoms with van der Waals surface area (Å²) in [7, 11) is 0. The van der Waals surface area contributed by atoms with Gasteiger partial charge in [0, 0.05) is 12.5 Å². The molecule has 0 saturated carbocycles. The maximum absolute atomic E-state index is 9.00. The van der Waals surface area contributed by atoms with Gasteiger partial charge in [0.05, 0.1) is 0 Å². The number of nitrogens with two attached hydrogens (primary N) is 1. The van der Waals surface area contributed by atoms with E-state index in [9.17, 15) is 0 Å². The Hall–Kier alpha value is -1.61. The maximum atomic E-state index is 9.00. The molecule has 0 spiro atoms. The molecule has 3 heteroatoms. The molecular formula is C14H23NO2. The van der Waals surface area contributed by atoms with Crippen LogP contribution in [-0.2, 0) is 11.2 Å². The summed E-state index contributed by atoms with van der Waals surface area (Å²) in [5.74, 6) is -0.833. The lowest BCUT2D eigenvalue weighted by molar-refractivity contribution is -0.134. The van der Waals surface area contributed by atoms with Crippen LogP contribution in [0.2, 0.25) is 0 Å². The van der Waals surface area contributed by atoms with E-state index in [1.54, 1.807) is 0 Å². The molecule has 0 aliphatic carbocycles. The molecule has 0 radical (unpaired) electrons. The number of hydrogen-bond acceptors (Lipinski definition) is 2. The molecule has 0 bridgehead atoms. The van der Waals surface area contributed by atoms with Crippen molar-refractivity contribution in [3.05, 3.63) is 49.1 Å². The van der Waals surface area contributed by atoms with E-state index in [1.165, 1.54) is 5.56 Å². The summed E-state index contributed by atoms with van der Waals surface area (Å²) >= 11 is 0. The molecule has 0 fully saturated rings. The van der Waals surface area contributed by atoms with Crippen molar-refractivity contribution in [3.63, 3.8) is 0 Å². The van der Waals surface area contributed by atoms with E-state index in [-0.39, 0.29) is 5.54 Å². The van der Waals surface area contributed by atoms with Gasteiger partial charge in [0.25, 0.3) is 5.97 Å². The fourth-order valence-corrected chi connectivity index (χ4v) is 1.12. The van der Waals surface area contributed by atoms with Gasteiger partial charge in [-0.15, -0.1) is 13.2 Å². The number of carboxylic acids is 1. The Bertz CT molecular complexity index is 298. The first-order valence-corrected chi connectivity index (χ1v) is 5.33. The Labute approximate surface area is 104 Å². The van der Waals surface area contributed by atoms with Crippen LogP contribution in [0.15, 0.2) is 43.5 Å². The molecule has 0 saturated heterocycles. The van der Waals surface area contributed by atoms with Crippen molar-refractivity contribution < 1.29 is 9.90 Å². The van der Waals surface area contributed by atoms with Crippen LogP contribution >= 0.6 is 0 Å². The number of benzene rings is 1. The predicted molar refractivity (Wildman–Crippen MR) is 73.0 cm³/mol. The topological polar surface area (TPSA) is 63.3 Å². The third kappa shape index (κ3) is 17.0. The summed E-state index contributed by atoms with van der Waals surface area (Å²) in [6.07, 6.45) is 0.938. The van der Waals surface area contributed by atoms with Crippen LogP contribution in [0.5, 0.6) is 0 Å². The van der Waals surface area contributed by atoms with Crippen molar-refractivity contribution in [1.82, 2.24) is 0 Å². The van der Waals surface area contributed by atoms with E-state index < -0.39 is 5.97 Å². The van der Waals surface area contributed by atoms with Gasteiger partial charge in [-0.05, 0) is 25.8 Å². The smallest absolute Gasteiger partial charge is 0.300 e. The normalized spacial score (nSPS) is 9.18. The number of carboxylic acid groups (broad SMARTS) is 1. The quantitative estimate of drug-likeness (QED) is 0.777. The van der Waals surface area contributed by atoms with Crippen LogP contribution in [0.25, 0.3) is 0 Å². The zero-order chi connectivity index (χ0) is 13.9. The van der Waals surface area contributed by atoms with Crippen molar-refractivity contribution in [2.45, 2.75) is 32.7 Å². The van der Waals surface area contributed by atoms with E-state index in [2.05, 4.69) is 25.3 Å². The van der Waals surface area contributed by atoms with Crippen molar-refractivity contribution in [3.8, 4) is 0 Å². The zero-order valence-electron chi connectivity index (χ0n) is 10.9. The van der Waals surface area contributed by atoms with Crippen molar-refractivity contribution in [1.29, 1.82) is 0 Å². The molecule has 1 aromatic carbocycles. The molecule has 1 rings (SSSR count). The minimum Gasteiger partial charge on any atom is -0.481 e. The highest BCUT2D eigenvalue weighted by Gasteiger charge is 2.10. The van der Waals surface area contributed by atoms with E-state index in [0.29, 0.717) is 0 Å². The molecule has 0 atom stereocenters. The molecule has 17 heavy (non-hydrogen) atoms. The number of aliphatic carboxylic acids is 1. The zero-order valence-corrected chi connectivity index (χ0v) is 10.9. The highest BCUT2D eigenvalue weighted by Crippen LogP contribution is 2.08. The maximum Gasteiger partial charge on any atom is 0.300 e. The van der Waals surface area contributed by atoms with Crippen LogP contribution in [0.4, 0.5) is 0 Å². The first-order chi connectivity index (χ1) is 7.81. The number of rotatable bonds is 2. The van der Waals surface area contributed by atoms with E-state index in [1.807, 2.05) is 32.0 Å². The molecule has 0 unspecified atom stereocenters. The molecule has 3 nitrogen and oxygen atoms in total. The SMILES string of the molecule is C=C.CC(=O)O.CC(C)(N)Cc1ccccc1. The molecule has 0 heterocycles. The Balaban J connectivity index is 0. The standard InChI is InChI=1S/C10H15N.C2H4O2.C2H4/c1-10(2,11)8-9-6-4-3-5-7-9;1-2(3)4;1-2/h3-7H,8,11H2,1-2H3;1H3,(H,3,4);1-2H2. The average Bonchev–Trinajstić information content (AvgIpc) is 2.19. The molecule has 1 aromatic rings. The largest absolute Gasteiger partial charge is 0.481 e. The number of hydrogen-bond donors (Lipinski definition) is 2. The van der Waals surface area contributed by atoms with Crippen LogP contribution in [0.1, 0.15) is 26.3 Å². The fraction of sp³-hybridized carbons (Fsp3) is 0.357. The minimum absolute atomic E-state index is 0.0959. The second-order valence-corrected chi connectivity index (χ2v) is 4.17. The number of carbonyl (C=O) groups is 1. The van der Waals surface area contributed by atoms with Crippen LogP contribution in [0, 0.1) is 0 Å². The van der Waals surface area contributed by atoms with Gasteiger partial charge in [-0.3, -0.25) is 4.79 Å². The van der Waals surface area contributed by atoms with Crippen LogP contribution in [-0.4, -0.2) is 16.6 Å². The van der Waals surface area contributed by atoms with Gasteiger partial charge in [0.1, 0.15) is 0 Å². The van der Waals surface area contributed by atoms with Crippen LogP contribution < -0.4 is 5.73 Å². The molecule has 0 aliphatic rings. The molecule has 0 aliphatic heterocycles.